The number of fused-ring (bicyclic) bond motifs is 4. The van der Waals surface area contributed by atoms with E-state index in [1.165, 1.54) is 0 Å². The molecule has 1 aromatic heterocycles. The van der Waals surface area contributed by atoms with Crippen LogP contribution < -0.4 is 5.73 Å². The average molecular weight is 247 g/mol. The molecule has 0 unspecified atom stereocenters. The van der Waals surface area contributed by atoms with Crippen molar-refractivity contribution < 1.29 is 4.79 Å². The van der Waals surface area contributed by atoms with Gasteiger partial charge in [0, 0.05) is 16.8 Å². The van der Waals surface area contributed by atoms with Gasteiger partial charge >= 0.3 is 0 Å². The van der Waals surface area contributed by atoms with E-state index < -0.39 is 0 Å². The highest BCUT2D eigenvalue weighted by Crippen LogP contribution is 2.34. The molecule has 3 aromatic rings. The number of carbonyl (C=O) groups is 1. The van der Waals surface area contributed by atoms with Crippen molar-refractivity contribution in [3.05, 3.63) is 53.7 Å². The van der Waals surface area contributed by atoms with Crippen molar-refractivity contribution in [2.75, 3.05) is 5.73 Å². The lowest BCUT2D eigenvalue weighted by Gasteiger charge is -2.02. The van der Waals surface area contributed by atoms with Crippen LogP contribution in [0.1, 0.15) is 16.1 Å². The Kier molecular flexibility index (Phi) is 1.82. The summed E-state index contributed by atoms with van der Waals surface area (Å²) in [5.74, 6) is -0.0585. The molecule has 4 rings (SSSR count). The summed E-state index contributed by atoms with van der Waals surface area (Å²) in [7, 11) is 0. The van der Waals surface area contributed by atoms with Gasteiger partial charge in [-0.25, -0.2) is 9.97 Å². The van der Waals surface area contributed by atoms with Crippen molar-refractivity contribution in [2.45, 2.75) is 0 Å². The quantitative estimate of drug-likeness (QED) is 0.484. The molecule has 2 aromatic carbocycles. The van der Waals surface area contributed by atoms with Crippen molar-refractivity contribution in [3.8, 4) is 11.3 Å². The first-order valence-electron chi connectivity index (χ1n) is 5.95. The van der Waals surface area contributed by atoms with E-state index in [0.29, 0.717) is 33.7 Å². The molecule has 0 amide bonds. The molecule has 0 bridgehead atoms. The normalized spacial score (nSPS) is 12.5. The number of aromatic nitrogens is 2. The molecule has 1 aliphatic rings. The zero-order valence-electron chi connectivity index (χ0n) is 9.92. The molecule has 19 heavy (non-hydrogen) atoms. The van der Waals surface area contributed by atoms with Gasteiger partial charge in [0.05, 0.1) is 11.0 Å². The first-order valence-corrected chi connectivity index (χ1v) is 5.95. The van der Waals surface area contributed by atoms with Gasteiger partial charge in [-0.3, -0.25) is 4.79 Å². The summed E-state index contributed by atoms with van der Waals surface area (Å²) in [6.07, 6.45) is 0. The number of nitrogen functional groups attached to an aromatic ring is 1. The Morgan fingerprint density at radius 2 is 1.58 bits per heavy atom. The zero-order valence-corrected chi connectivity index (χ0v) is 9.92. The van der Waals surface area contributed by atoms with E-state index in [1.54, 1.807) is 24.3 Å². The Hall–Kier alpha value is -2.75. The lowest BCUT2D eigenvalue weighted by Crippen LogP contribution is -2.00. The topological polar surface area (TPSA) is 68.9 Å². The van der Waals surface area contributed by atoms with E-state index in [1.807, 2.05) is 18.2 Å². The van der Waals surface area contributed by atoms with E-state index >= 15 is 0 Å². The second kappa shape index (κ2) is 3.38. The number of rotatable bonds is 0. The largest absolute Gasteiger partial charge is 0.399 e. The van der Waals surface area contributed by atoms with Gasteiger partial charge in [-0.05, 0) is 18.2 Å². The smallest absolute Gasteiger partial charge is 0.214 e. The van der Waals surface area contributed by atoms with Crippen LogP contribution in [0.15, 0.2) is 42.5 Å². The van der Waals surface area contributed by atoms with Gasteiger partial charge in [0.1, 0.15) is 11.4 Å². The van der Waals surface area contributed by atoms with E-state index in [0.717, 1.165) is 5.56 Å². The summed E-state index contributed by atoms with van der Waals surface area (Å²) in [6.45, 7) is 0. The molecular weight excluding hydrogens is 238 g/mol. The predicted octanol–water partition coefficient (Wildman–Crippen LogP) is 2.42. The van der Waals surface area contributed by atoms with Crippen molar-refractivity contribution in [2.24, 2.45) is 0 Å². The second-order valence-electron chi connectivity index (χ2n) is 4.54. The Bertz CT molecular complexity index is 855. The van der Waals surface area contributed by atoms with Crippen LogP contribution in [-0.4, -0.2) is 15.8 Å². The number of benzene rings is 2. The fourth-order valence-electron chi connectivity index (χ4n) is 2.43. The Balaban J connectivity index is 2.11. The SMILES string of the molecule is Nc1ccc2nc3c(nc2c1)-c1ccccc1C3=O. The monoisotopic (exact) mass is 247 g/mol. The molecule has 0 aliphatic heterocycles. The fourth-order valence-corrected chi connectivity index (χ4v) is 2.43. The van der Waals surface area contributed by atoms with Gasteiger partial charge in [-0.1, -0.05) is 24.3 Å². The van der Waals surface area contributed by atoms with Crippen LogP contribution in [0.5, 0.6) is 0 Å². The van der Waals surface area contributed by atoms with Crippen LogP contribution in [0.2, 0.25) is 0 Å². The third-order valence-corrected chi connectivity index (χ3v) is 3.33. The summed E-state index contributed by atoms with van der Waals surface area (Å²) >= 11 is 0. The Morgan fingerprint density at radius 3 is 2.42 bits per heavy atom. The summed E-state index contributed by atoms with van der Waals surface area (Å²) in [5.41, 5.74) is 10.4. The third kappa shape index (κ3) is 1.31. The molecule has 2 N–H and O–H groups in total. The van der Waals surface area contributed by atoms with Gasteiger partial charge < -0.3 is 5.73 Å². The number of hydrogen-bond acceptors (Lipinski definition) is 4. The molecule has 4 heteroatoms. The maximum absolute atomic E-state index is 12.3. The fraction of sp³-hybridized carbons (Fsp3) is 0. The summed E-state index contributed by atoms with van der Waals surface area (Å²) in [5, 5.41) is 0. The highest BCUT2D eigenvalue weighted by molar-refractivity contribution is 6.20. The van der Waals surface area contributed by atoms with Crippen LogP contribution in [0.3, 0.4) is 0 Å². The summed E-state index contributed by atoms with van der Waals surface area (Å²) in [6, 6.07) is 12.8. The Morgan fingerprint density at radius 1 is 0.842 bits per heavy atom. The number of hydrogen-bond donors (Lipinski definition) is 1. The molecule has 0 saturated heterocycles. The van der Waals surface area contributed by atoms with Crippen LogP contribution in [0.4, 0.5) is 5.69 Å². The standard InChI is InChI=1S/C15H9N3O/c16-8-5-6-11-12(7-8)18-13-9-3-1-2-4-10(9)15(19)14(13)17-11/h1-7H,16H2. The van der Waals surface area contributed by atoms with Gasteiger partial charge in [0.2, 0.25) is 5.78 Å². The van der Waals surface area contributed by atoms with Gasteiger partial charge in [-0.2, -0.15) is 0 Å². The molecule has 4 nitrogen and oxygen atoms in total. The van der Waals surface area contributed by atoms with Crippen molar-refractivity contribution >= 4 is 22.5 Å². The lowest BCUT2D eigenvalue weighted by atomic mass is 10.1. The molecule has 1 aliphatic carbocycles. The van der Waals surface area contributed by atoms with E-state index in [2.05, 4.69) is 9.97 Å². The first-order chi connectivity index (χ1) is 9.24. The van der Waals surface area contributed by atoms with Crippen LogP contribution in [0, 0.1) is 0 Å². The van der Waals surface area contributed by atoms with Gasteiger partial charge in [-0.15, -0.1) is 0 Å². The molecule has 0 saturated carbocycles. The minimum Gasteiger partial charge on any atom is -0.399 e. The van der Waals surface area contributed by atoms with Crippen molar-refractivity contribution in [1.82, 2.24) is 9.97 Å². The number of anilines is 1. The number of carbonyl (C=O) groups excluding carboxylic acids is 1. The number of nitrogens with zero attached hydrogens (tertiary/aromatic N) is 2. The highest BCUT2D eigenvalue weighted by Gasteiger charge is 2.29. The van der Waals surface area contributed by atoms with Crippen molar-refractivity contribution in [1.29, 1.82) is 0 Å². The average Bonchev–Trinajstić information content (AvgIpc) is 2.70. The lowest BCUT2D eigenvalue weighted by molar-refractivity contribution is 0.103. The van der Waals surface area contributed by atoms with Gasteiger partial charge in [0.15, 0.2) is 0 Å². The molecule has 0 atom stereocenters. The van der Waals surface area contributed by atoms with E-state index in [9.17, 15) is 4.79 Å². The van der Waals surface area contributed by atoms with E-state index in [4.69, 9.17) is 5.73 Å². The zero-order chi connectivity index (χ0) is 13.0. The van der Waals surface area contributed by atoms with Crippen LogP contribution >= 0.6 is 0 Å². The van der Waals surface area contributed by atoms with E-state index in [-0.39, 0.29) is 5.78 Å². The molecule has 1 heterocycles. The number of ketones is 1. The molecule has 0 fully saturated rings. The van der Waals surface area contributed by atoms with Crippen molar-refractivity contribution in [3.63, 3.8) is 0 Å². The third-order valence-electron chi connectivity index (χ3n) is 3.33. The molecule has 90 valence electrons. The first kappa shape index (κ1) is 10.2. The van der Waals surface area contributed by atoms with Gasteiger partial charge in [0.25, 0.3) is 0 Å². The maximum Gasteiger partial charge on any atom is 0.214 e. The predicted molar refractivity (Wildman–Crippen MR) is 72.8 cm³/mol. The Labute approximate surface area is 108 Å². The van der Waals surface area contributed by atoms with Crippen LogP contribution in [-0.2, 0) is 0 Å². The number of nitrogens with two attached hydrogens (primary N) is 1. The summed E-state index contributed by atoms with van der Waals surface area (Å²) < 4.78 is 0. The summed E-state index contributed by atoms with van der Waals surface area (Å²) in [4.78, 5) is 21.2. The maximum atomic E-state index is 12.3. The minimum atomic E-state index is -0.0585. The molecule has 0 spiro atoms. The highest BCUT2D eigenvalue weighted by atomic mass is 16.1. The molecular formula is C15H9N3O. The second-order valence-corrected chi connectivity index (χ2v) is 4.54. The molecule has 0 radical (unpaired) electrons. The minimum absolute atomic E-state index is 0.0585. The van der Waals surface area contributed by atoms with Crippen LogP contribution in [0.25, 0.3) is 22.3 Å².